The molecule has 1 fully saturated rings. The van der Waals surface area contributed by atoms with E-state index in [1.54, 1.807) is 0 Å². The predicted octanol–water partition coefficient (Wildman–Crippen LogP) is 17.4. The highest BCUT2D eigenvalue weighted by Crippen LogP contribution is 2.62. The molecule has 2 atom stereocenters. The molecule has 0 spiro atoms. The van der Waals surface area contributed by atoms with Crippen LogP contribution in [0.15, 0.2) is 164 Å². The van der Waals surface area contributed by atoms with Gasteiger partial charge in [0.15, 0.2) is 0 Å². The van der Waals surface area contributed by atoms with E-state index in [-0.39, 0.29) is 33.9 Å². The van der Waals surface area contributed by atoms with Crippen LogP contribution in [-0.2, 0) is 21.7 Å². The molecular weight excluding hydrogens is 902 g/mol. The fourth-order valence-electron chi connectivity index (χ4n) is 13.6. The fourth-order valence-corrected chi connectivity index (χ4v) is 14.7. The summed E-state index contributed by atoms with van der Waals surface area (Å²) >= 11 is 1.89. The third-order valence-electron chi connectivity index (χ3n) is 17.9. The number of hydrogen-bond donors (Lipinski definition) is 0. The molecule has 1 aromatic heterocycles. The minimum atomic E-state index is -0.134. The van der Waals surface area contributed by atoms with Gasteiger partial charge in [-0.2, -0.15) is 0 Å². The van der Waals surface area contributed by atoms with E-state index in [2.05, 4.69) is 255 Å². The van der Waals surface area contributed by atoms with Crippen LogP contribution in [0, 0.1) is 0 Å². The lowest BCUT2D eigenvalue weighted by atomic mass is 9.33. The molecule has 0 N–H and O–H groups in total. The third kappa shape index (κ3) is 6.90. The zero-order valence-electron chi connectivity index (χ0n) is 44.7. The first-order valence-corrected chi connectivity index (χ1v) is 27.7. The average molecular weight is 970 g/mol. The molecular formula is C68H68BN3S. The molecule has 0 bridgehead atoms. The van der Waals surface area contributed by atoms with Crippen molar-refractivity contribution in [3.63, 3.8) is 0 Å². The summed E-state index contributed by atoms with van der Waals surface area (Å²) in [4.78, 5) is 8.15. The van der Waals surface area contributed by atoms with Crippen LogP contribution in [0.4, 0.5) is 45.5 Å². The maximum absolute atomic E-state index is 2.80. The van der Waals surface area contributed by atoms with Crippen LogP contribution in [0.25, 0.3) is 31.3 Å². The molecule has 3 aliphatic heterocycles. The molecule has 9 aromatic rings. The Labute approximate surface area is 438 Å². The number of thiophene rings is 1. The van der Waals surface area contributed by atoms with Gasteiger partial charge in [-0.1, -0.05) is 179 Å². The van der Waals surface area contributed by atoms with E-state index in [1.165, 1.54) is 135 Å². The molecule has 4 aliphatic rings. The monoisotopic (exact) mass is 970 g/mol. The summed E-state index contributed by atoms with van der Waals surface area (Å²) in [6.07, 6.45) is 4.78. The summed E-state index contributed by atoms with van der Waals surface area (Å²) in [5.41, 5.74) is 21.8. The second kappa shape index (κ2) is 16.0. The quantitative estimate of drug-likeness (QED) is 0.163. The van der Waals surface area contributed by atoms with Gasteiger partial charge in [-0.3, -0.25) is 0 Å². The smallest absolute Gasteiger partial charge is 0.252 e. The number of anilines is 8. The van der Waals surface area contributed by atoms with Crippen molar-refractivity contribution in [2.45, 2.75) is 129 Å². The van der Waals surface area contributed by atoms with Crippen LogP contribution >= 0.6 is 11.3 Å². The van der Waals surface area contributed by atoms with Crippen molar-refractivity contribution in [1.29, 1.82) is 0 Å². The van der Waals surface area contributed by atoms with Crippen LogP contribution < -0.4 is 31.1 Å². The van der Waals surface area contributed by atoms with E-state index < -0.39 is 0 Å². The first-order valence-electron chi connectivity index (χ1n) is 26.9. The van der Waals surface area contributed by atoms with Crippen LogP contribution in [0.2, 0.25) is 0 Å². The number of nitrogens with zero attached hydrogens (tertiary/aromatic N) is 3. The van der Waals surface area contributed by atoms with Gasteiger partial charge in [-0.15, -0.1) is 11.3 Å². The van der Waals surface area contributed by atoms with Crippen molar-refractivity contribution in [3.8, 4) is 11.1 Å². The van der Waals surface area contributed by atoms with E-state index >= 15 is 0 Å². The Hall–Kier alpha value is -6.56. The molecule has 2 unspecified atom stereocenters. The Morgan fingerprint density at radius 1 is 0.452 bits per heavy atom. The Bertz CT molecular complexity index is 3710. The van der Waals surface area contributed by atoms with Crippen molar-refractivity contribution in [3.05, 3.63) is 186 Å². The van der Waals surface area contributed by atoms with Crippen LogP contribution in [0.5, 0.6) is 0 Å². The van der Waals surface area contributed by atoms with Crippen molar-refractivity contribution >= 4 is 100 Å². The maximum atomic E-state index is 2.80. The van der Waals surface area contributed by atoms with Gasteiger partial charge in [0.05, 0.1) is 11.2 Å². The van der Waals surface area contributed by atoms with E-state index in [4.69, 9.17) is 0 Å². The molecule has 0 radical (unpaired) electrons. The largest absolute Gasteiger partial charge is 0.334 e. The maximum Gasteiger partial charge on any atom is 0.252 e. The van der Waals surface area contributed by atoms with E-state index in [9.17, 15) is 0 Å². The Morgan fingerprint density at radius 3 is 1.70 bits per heavy atom. The van der Waals surface area contributed by atoms with E-state index in [1.807, 2.05) is 11.3 Å². The standard InChI is InChI=1S/C68H68BN3S/c1-64(2,3)44-27-31-55(50(37-44)43-21-13-12-14-22-43)71-58-33-29-46(66(7,8)9)39-54(58)69-53-38-45(65(4,5)6)28-32-57(53)70(47-30-34-62-51(40-47)49-23-15-18-26-61(49)73-62)59-41-48(42-60(71)63(59)69)72-56-25-17-16-24-52(56)67(10)35-19-20-36-68(67,72)11/h12-18,21-34,37-42H,19-20,35-36H2,1-11H3. The van der Waals surface area contributed by atoms with Crippen molar-refractivity contribution in [1.82, 2.24) is 0 Å². The normalized spacial score (nSPS) is 19.2. The fraction of sp³-hybridized carbons (Fsp3) is 0.294. The molecule has 13 rings (SSSR count). The van der Waals surface area contributed by atoms with Gasteiger partial charge in [-0.25, -0.2) is 0 Å². The summed E-state index contributed by atoms with van der Waals surface area (Å²) < 4.78 is 2.65. The summed E-state index contributed by atoms with van der Waals surface area (Å²) in [6.45, 7) is 26.3. The molecule has 3 nitrogen and oxygen atoms in total. The number of fused-ring (bicyclic) bond motifs is 10. The second-order valence-electron chi connectivity index (χ2n) is 25.3. The first-order chi connectivity index (χ1) is 34.8. The molecule has 4 heterocycles. The lowest BCUT2D eigenvalue weighted by molar-refractivity contribution is 0.195. The highest BCUT2D eigenvalue weighted by atomic mass is 32.1. The topological polar surface area (TPSA) is 9.72 Å². The lowest BCUT2D eigenvalue weighted by Gasteiger charge is -2.51. The Kier molecular flexibility index (Phi) is 10.1. The molecule has 5 heteroatoms. The zero-order valence-corrected chi connectivity index (χ0v) is 45.6. The number of benzene rings is 8. The van der Waals surface area contributed by atoms with Crippen LogP contribution in [0.1, 0.15) is 124 Å². The van der Waals surface area contributed by atoms with Gasteiger partial charge in [0.1, 0.15) is 0 Å². The lowest BCUT2D eigenvalue weighted by Crippen LogP contribution is -2.62. The van der Waals surface area contributed by atoms with Crippen molar-refractivity contribution < 1.29 is 0 Å². The van der Waals surface area contributed by atoms with E-state index in [0.29, 0.717) is 0 Å². The van der Waals surface area contributed by atoms with Crippen molar-refractivity contribution in [2.75, 3.05) is 14.7 Å². The van der Waals surface area contributed by atoms with Gasteiger partial charge >= 0.3 is 0 Å². The number of para-hydroxylation sites is 1. The van der Waals surface area contributed by atoms with Gasteiger partial charge in [0.2, 0.25) is 0 Å². The van der Waals surface area contributed by atoms with Gasteiger partial charge in [0, 0.05) is 71.0 Å². The summed E-state index contributed by atoms with van der Waals surface area (Å²) in [5, 5.41) is 2.63. The first kappa shape index (κ1) is 46.2. The molecule has 1 saturated carbocycles. The number of rotatable bonds is 4. The van der Waals surface area contributed by atoms with E-state index in [0.717, 1.165) is 6.42 Å². The molecule has 1 aliphatic carbocycles. The van der Waals surface area contributed by atoms with Crippen LogP contribution in [-0.4, -0.2) is 12.3 Å². The zero-order chi connectivity index (χ0) is 50.6. The predicted molar refractivity (Wildman–Crippen MR) is 318 cm³/mol. The van der Waals surface area contributed by atoms with Gasteiger partial charge in [0.25, 0.3) is 6.71 Å². The SMILES string of the molecule is CC(C)(C)c1ccc2c(c1)B1c3cc(C(C)(C)C)ccc3N(c3ccc(C(C)(C)C)cc3-c3ccccc3)c3cc(N4c5ccccc5C5(C)CCCCC45C)cc(c31)N2c1ccc2sc3ccccc3c2c1. The average Bonchev–Trinajstić information content (AvgIpc) is 3.85. The third-order valence-corrected chi connectivity index (χ3v) is 19.0. The van der Waals surface area contributed by atoms with Gasteiger partial charge in [-0.05, 0) is 147 Å². The molecule has 0 amide bonds. The minimum Gasteiger partial charge on any atom is -0.334 e. The molecule has 364 valence electrons. The second-order valence-corrected chi connectivity index (χ2v) is 26.4. The van der Waals surface area contributed by atoms with Crippen molar-refractivity contribution in [2.24, 2.45) is 0 Å². The molecule has 0 saturated heterocycles. The molecule has 8 aromatic carbocycles. The Balaban J connectivity index is 1.19. The minimum absolute atomic E-state index is 0.00287. The Morgan fingerprint density at radius 2 is 1.01 bits per heavy atom. The highest BCUT2D eigenvalue weighted by molar-refractivity contribution is 7.25. The van der Waals surface area contributed by atoms with Gasteiger partial charge < -0.3 is 14.7 Å². The van der Waals surface area contributed by atoms with Crippen LogP contribution in [0.3, 0.4) is 0 Å². The summed E-state index contributed by atoms with van der Waals surface area (Å²) in [7, 11) is 0. The highest BCUT2D eigenvalue weighted by Gasteiger charge is 2.58. The summed E-state index contributed by atoms with van der Waals surface area (Å²) in [6, 6.07) is 64.2. The molecule has 73 heavy (non-hydrogen) atoms. The number of hydrogen-bond acceptors (Lipinski definition) is 4. The summed E-state index contributed by atoms with van der Waals surface area (Å²) in [5.74, 6) is 0.